The van der Waals surface area contributed by atoms with E-state index < -0.39 is 5.41 Å². The van der Waals surface area contributed by atoms with E-state index in [-0.39, 0.29) is 0 Å². The van der Waals surface area contributed by atoms with E-state index in [0.29, 0.717) is 5.02 Å². The molecule has 1 aliphatic carbocycles. The van der Waals surface area contributed by atoms with Crippen LogP contribution < -0.4 is 0 Å². The fraction of sp³-hybridized carbons (Fsp3) is 0.0213. The largest absolute Gasteiger partial charge is 0.455 e. The number of benzene rings is 8. The third kappa shape index (κ3) is 3.06. The first kappa shape index (κ1) is 27.9. The van der Waals surface area contributed by atoms with Crippen LogP contribution >= 0.6 is 27.5 Å². The Balaban J connectivity index is 1.32. The first-order valence-electron chi connectivity index (χ1n) is 17.5. The molecule has 1 unspecified atom stereocenters. The second-order valence-electron chi connectivity index (χ2n) is 14.2. The molecule has 0 saturated carbocycles. The third-order valence-electron chi connectivity index (χ3n) is 11.9. The Bertz CT molecular complexity index is 3460. The van der Waals surface area contributed by atoms with E-state index >= 15 is 0 Å². The van der Waals surface area contributed by atoms with Crippen molar-refractivity contribution in [1.82, 2.24) is 4.57 Å². The Hall–Kier alpha value is -5.81. The van der Waals surface area contributed by atoms with Gasteiger partial charge in [-0.25, -0.2) is 0 Å². The third-order valence-corrected chi connectivity index (χ3v) is 12.8. The van der Waals surface area contributed by atoms with Gasteiger partial charge in [-0.3, -0.25) is 0 Å². The monoisotopic (exact) mass is 747 g/mol. The van der Waals surface area contributed by atoms with Crippen molar-refractivity contribution >= 4 is 104 Å². The summed E-state index contributed by atoms with van der Waals surface area (Å²) in [5.41, 5.74) is 13.0. The number of halogens is 2. The molecular weight excluding hydrogens is 726 g/mol. The molecule has 0 radical (unpaired) electrons. The van der Waals surface area contributed by atoms with Gasteiger partial charge in [0.2, 0.25) is 0 Å². The molecule has 52 heavy (non-hydrogen) atoms. The zero-order chi connectivity index (χ0) is 34.0. The van der Waals surface area contributed by atoms with Gasteiger partial charge in [0, 0.05) is 43.4 Å². The van der Waals surface area contributed by atoms with Gasteiger partial charge in [-0.1, -0.05) is 109 Å². The first-order chi connectivity index (χ1) is 25.6. The Morgan fingerprint density at radius 3 is 2.12 bits per heavy atom. The van der Waals surface area contributed by atoms with Crippen molar-refractivity contribution in [3.8, 4) is 16.8 Å². The highest BCUT2D eigenvalue weighted by atomic mass is 79.9. The topological polar surface area (TPSA) is 31.2 Å². The van der Waals surface area contributed by atoms with Gasteiger partial charge in [0.15, 0.2) is 0 Å². The van der Waals surface area contributed by atoms with Crippen LogP contribution in [-0.2, 0) is 5.41 Å². The van der Waals surface area contributed by atoms with Gasteiger partial charge in [0.1, 0.15) is 22.3 Å². The maximum absolute atomic E-state index is 7.58. The molecule has 11 aromatic rings. The number of aromatic nitrogens is 1. The molecule has 2 aliphatic rings. The normalized spacial score (nSPS) is 16.0. The van der Waals surface area contributed by atoms with Gasteiger partial charge in [-0.05, 0) is 91.4 Å². The van der Waals surface area contributed by atoms with E-state index in [4.69, 9.17) is 20.4 Å². The molecule has 0 amide bonds. The molecule has 0 fully saturated rings. The van der Waals surface area contributed by atoms with Crippen molar-refractivity contribution in [3.63, 3.8) is 0 Å². The van der Waals surface area contributed by atoms with E-state index in [2.05, 4.69) is 154 Å². The lowest BCUT2D eigenvalue weighted by atomic mass is 9.65. The van der Waals surface area contributed by atoms with E-state index in [1.54, 1.807) is 0 Å². The van der Waals surface area contributed by atoms with Crippen LogP contribution in [0.15, 0.2) is 153 Å². The summed E-state index contributed by atoms with van der Waals surface area (Å²) in [5, 5.41) is 9.52. The molecular formula is C47H23BrClNO2. The van der Waals surface area contributed by atoms with E-state index in [9.17, 15) is 0 Å². The number of fused-ring (bicyclic) bond motifs is 21. The van der Waals surface area contributed by atoms with Crippen molar-refractivity contribution in [3.05, 3.63) is 171 Å². The van der Waals surface area contributed by atoms with E-state index in [0.717, 1.165) is 81.5 Å². The van der Waals surface area contributed by atoms with Gasteiger partial charge >= 0.3 is 0 Å². The summed E-state index contributed by atoms with van der Waals surface area (Å²) < 4.78 is 17.1. The standard InChI is InChI=1S/C47H23BrClNO2/c48-34-22-32-42(41-28-13-4-8-19-38(28)51-45(34)41)43-33(23-35(49)40-29-20-24-10-1-2-11-25(24)21-39(29)52-46(40)43)47(32)30-15-5-7-18-37(30)50-36-17-6-3-12-26(36)27-14-9-16-31(47)44(27)50/h1-23H. The van der Waals surface area contributed by atoms with Crippen LogP contribution in [0.25, 0.3) is 93.3 Å². The molecule has 3 aromatic heterocycles. The number of rotatable bonds is 0. The summed E-state index contributed by atoms with van der Waals surface area (Å²) >= 11 is 11.6. The van der Waals surface area contributed by atoms with E-state index in [1.165, 1.54) is 38.5 Å². The molecule has 0 N–H and O–H groups in total. The predicted octanol–water partition coefficient (Wildman–Crippen LogP) is 13.8. The average molecular weight is 749 g/mol. The average Bonchev–Trinajstić information content (AvgIpc) is 3.91. The fourth-order valence-electron chi connectivity index (χ4n) is 9.98. The van der Waals surface area contributed by atoms with Crippen molar-refractivity contribution in [2.45, 2.75) is 5.41 Å². The summed E-state index contributed by atoms with van der Waals surface area (Å²) in [6.45, 7) is 0. The van der Waals surface area contributed by atoms with Gasteiger partial charge in [-0.2, -0.15) is 0 Å². The van der Waals surface area contributed by atoms with Crippen LogP contribution in [0.5, 0.6) is 0 Å². The van der Waals surface area contributed by atoms with Gasteiger partial charge in [-0.15, -0.1) is 0 Å². The van der Waals surface area contributed by atoms with Crippen LogP contribution in [0.3, 0.4) is 0 Å². The van der Waals surface area contributed by atoms with Crippen LogP contribution in [0, 0.1) is 0 Å². The molecule has 0 bridgehead atoms. The van der Waals surface area contributed by atoms with Gasteiger partial charge in [0.25, 0.3) is 0 Å². The molecule has 1 aliphatic heterocycles. The zero-order valence-corrected chi connectivity index (χ0v) is 29.6. The molecule has 5 heteroatoms. The van der Waals surface area contributed by atoms with Crippen LogP contribution in [0.2, 0.25) is 5.02 Å². The first-order valence-corrected chi connectivity index (χ1v) is 18.6. The number of furan rings is 2. The quantitative estimate of drug-likeness (QED) is 0.155. The van der Waals surface area contributed by atoms with Gasteiger partial charge in [0.05, 0.1) is 31.6 Å². The summed E-state index contributed by atoms with van der Waals surface area (Å²) in [4.78, 5) is 0. The Kier molecular flexibility index (Phi) is 5.00. The summed E-state index contributed by atoms with van der Waals surface area (Å²) in [6, 6.07) is 50.1. The minimum Gasteiger partial charge on any atom is -0.455 e. The Labute approximate surface area is 309 Å². The lowest BCUT2D eigenvalue weighted by Gasteiger charge is -2.39. The van der Waals surface area contributed by atoms with Crippen LogP contribution in [0.1, 0.15) is 22.3 Å². The smallest absolute Gasteiger partial charge is 0.150 e. The second-order valence-corrected chi connectivity index (χ2v) is 15.4. The Morgan fingerprint density at radius 1 is 0.519 bits per heavy atom. The molecule has 3 nitrogen and oxygen atoms in total. The lowest BCUT2D eigenvalue weighted by molar-refractivity contribution is 0.666. The number of hydrogen-bond donors (Lipinski definition) is 0. The highest BCUT2D eigenvalue weighted by Crippen LogP contribution is 2.65. The highest BCUT2D eigenvalue weighted by molar-refractivity contribution is 9.10. The van der Waals surface area contributed by atoms with E-state index in [1.807, 2.05) is 6.07 Å². The van der Waals surface area contributed by atoms with Gasteiger partial charge < -0.3 is 13.4 Å². The van der Waals surface area contributed by atoms with Crippen molar-refractivity contribution in [2.24, 2.45) is 0 Å². The number of hydrogen-bond acceptors (Lipinski definition) is 2. The number of para-hydroxylation sites is 4. The SMILES string of the molecule is Clc1cc2c(c3oc4cc5ccccc5cc4c13)-c1c(cc(Br)c3oc4ccccc4c13)C21c2ccccc2-n2c3ccccc3c3cccc1c32. The van der Waals surface area contributed by atoms with Crippen molar-refractivity contribution in [1.29, 1.82) is 0 Å². The van der Waals surface area contributed by atoms with Crippen LogP contribution in [0.4, 0.5) is 0 Å². The molecule has 242 valence electrons. The molecule has 13 rings (SSSR count). The predicted molar refractivity (Wildman–Crippen MR) is 216 cm³/mol. The van der Waals surface area contributed by atoms with Crippen molar-refractivity contribution in [2.75, 3.05) is 0 Å². The molecule has 0 saturated heterocycles. The zero-order valence-electron chi connectivity index (χ0n) is 27.3. The Morgan fingerprint density at radius 2 is 1.21 bits per heavy atom. The summed E-state index contributed by atoms with van der Waals surface area (Å²) in [7, 11) is 0. The maximum atomic E-state index is 7.58. The summed E-state index contributed by atoms with van der Waals surface area (Å²) in [6.07, 6.45) is 0. The fourth-order valence-corrected chi connectivity index (χ4v) is 10.8. The summed E-state index contributed by atoms with van der Waals surface area (Å²) in [5.74, 6) is 0. The molecule has 4 heterocycles. The molecule has 1 spiro atoms. The minimum atomic E-state index is -0.720. The van der Waals surface area contributed by atoms with Crippen LogP contribution in [-0.4, -0.2) is 4.57 Å². The molecule has 1 atom stereocenters. The molecule has 8 aromatic carbocycles. The number of nitrogens with zero attached hydrogens (tertiary/aromatic N) is 1. The maximum Gasteiger partial charge on any atom is 0.150 e. The van der Waals surface area contributed by atoms with Crippen molar-refractivity contribution < 1.29 is 8.83 Å². The lowest BCUT2D eigenvalue weighted by Crippen LogP contribution is -2.33. The minimum absolute atomic E-state index is 0.679. The highest BCUT2D eigenvalue weighted by Gasteiger charge is 2.53. The second kappa shape index (κ2) is 9.34.